The van der Waals surface area contributed by atoms with E-state index >= 15 is 0 Å². The summed E-state index contributed by atoms with van der Waals surface area (Å²) in [5.41, 5.74) is 0. The van der Waals surface area contributed by atoms with Crippen molar-refractivity contribution in [3.8, 4) is 0 Å². The van der Waals surface area contributed by atoms with Crippen molar-refractivity contribution in [3.63, 3.8) is 0 Å². The predicted molar refractivity (Wildman–Crippen MR) is 324 cm³/mol. The van der Waals surface area contributed by atoms with Crippen molar-refractivity contribution in [2.24, 2.45) is 0 Å². The molecule has 1 atom stereocenters. The van der Waals surface area contributed by atoms with Crippen molar-refractivity contribution in [1.29, 1.82) is 0 Å². The van der Waals surface area contributed by atoms with Gasteiger partial charge in [0, 0.05) is 19.3 Å². The molecule has 0 bridgehead atoms. The zero-order chi connectivity index (χ0) is 54.3. The standard InChI is InChI=1S/C69H104O6/c1-4-7-10-13-15-17-19-21-23-25-27-29-31-32-33-34-35-36-38-39-41-43-45-47-49-51-53-56-59-62-68(71)74-65-66(64-73-67(70)61-58-55-12-9-6-3)75-69(72)63-60-57-54-52-50-48-46-44-42-40-37-30-28-26-24-22-20-18-16-14-11-8-5-2/h7-8,10-11,15-18,21-24,27-30,32-33,35-36,39-42,45-48,51,53,66H,4-6,9,12-14,19-20,25-26,31,34,37-38,43-44,49-50,52,54-65H2,1-3H3/b10-7-,11-8-,17-15-,18-16-,23-21-,24-22-,29-27-,30-28-,33-32-,36-35-,41-39-,42-40-,47-45-,48-46-,53-51-. The topological polar surface area (TPSA) is 78.9 Å². The minimum Gasteiger partial charge on any atom is -0.462 e. The van der Waals surface area contributed by atoms with Gasteiger partial charge in [0.2, 0.25) is 0 Å². The minimum absolute atomic E-state index is 0.117. The third-order valence-electron chi connectivity index (χ3n) is 11.4. The fraction of sp³-hybridized carbons (Fsp3) is 0.522. The van der Waals surface area contributed by atoms with Gasteiger partial charge in [-0.05, 0) is 135 Å². The number of esters is 3. The third kappa shape index (κ3) is 59.3. The van der Waals surface area contributed by atoms with Crippen LogP contribution in [-0.2, 0) is 28.6 Å². The second-order valence-electron chi connectivity index (χ2n) is 18.4. The molecule has 0 fully saturated rings. The van der Waals surface area contributed by atoms with E-state index in [1.54, 1.807) is 0 Å². The summed E-state index contributed by atoms with van der Waals surface area (Å²) in [6.07, 6.45) is 92.2. The van der Waals surface area contributed by atoms with E-state index in [9.17, 15) is 14.4 Å². The van der Waals surface area contributed by atoms with Crippen molar-refractivity contribution < 1.29 is 28.6 Å². The molecule has 0 N–H and O–H groups in total. The lowest BCUT2D eigenvalue weighted by atomic mass is 10.1. The maximum atomic E-state index is 12.8. The van der Waals surface area contributed by atoms with Crippen LogP contribution >= 0.6 is 0 Å². The van der Waals surface area contributed by atoms with Gasteiger partial charge in [0.05, 0.1) is 0 Å². The molecule has 0 spiro atoms. The highest BCUT2D eigenvalue weighted by Gasteiger charge is 2.19. The highest BCUT2D eigenvalue weighted by atomic mass is 16.6. The number of carbonyl (C=O) groups is 3. The van der Waals surface area contributed by atoms with Crippen molar-refractivity contribution in [3.05, 3.63) is 182 Å². The average Bonchev–Trinajstić information content (AvgIpc) is 3.41. The normalized spacial score (nSPS) is 13.5. The number of rotatable bonds is 50. The van der Waals surface area contributed by atoms with Gasteiger partial charge in [0.15, 0.2) is 6.10 Å². The van der Waals surface area contributed by atoms with Crippen LogP contribution in [0.3, 0.4) is 0 Å². The Bertz CT molecular complexity index is 1800. The summed E-state index contributed by atoms with van der Waals surface area (Å²) >= 11 is 0. The molecule has 0 aromatic heterocycles. The summed E-state index contributed by atoms with van der Waals surface area (Å²) in [5.74, 6) is -1.03. The Hall–Kier alpha value is -5.49. The summed E-state index contributed by atoms with van der Waals surface area (Å²) in [6, 6.07) is 0. The van der Waals surface area contributed by atoms with Gasteiger partial charge in [-0.15, -0.1) is 0 Å². The van der Waals surface area contributed by atoms with E-state index in [0.717, 1.165) is 167 Å². The van der Waals surface area contributed by atoms with E-state index in [4.69, 9.17) is 14.2 Å². The van der Waals surface area contributed by atoms with E-state index in [2.05, 4.69) is 203 Å². The van der Waals surface area contributed by atoms with Crippen LogP contribution in [0.15, 0.2) is 182 Å². The molecule has 0 aliphatic carbocycles. The fourth-order valence-corrected chi connectivity index (χ4v) is 7.09. The molecule has 0 aromatic carbocycles. The minimum atomic E-state index is -0.822. The Morgan fingerprint density at radius 3 is 0.853 bits per heavy atom. The molecular formula is C69H104O6. The molecule has 6 nitrogen and oxygen atoms in total. The van der Waals surface area contributed by atoms with Crippen LogP contribution in [0.25, 0.3) is 0 Å². The molecular weight excluding hydrogens is 925 g/mol. The quantitative estimate of drug-likeness (QED) is 0.0261. The van der Waals surface area contributed by atoms with Crippen LogP contribution in [0.4, 0.5) is 0 Å². The van der Waals surface area contributed by atoms with Crippen LogP contribution in [0.5, 0.6) is 0 Å². The highest BCUT2D eigenvalue weighted by molar-refractivity contribution is 5.71. The first-order valence-electron chi connectivity index (χ1n) is 29.3. The molecule has 0 aliphatic rings. The van der Waals surface area contributed by atoms with Gasteiger partial charge in [-0.1, -0.05) is 242 Å². The van der Waals surface area contributed by atoms with Crippen molar-refractivity contribution in [1.82, 2.24) is 0 Å². The lowest BCUT2D eigenvalue weighted by Gasteiger charge is -2.18. The second-order valence-corrected chi connectivity index (χ2v) is 18.4. The van der Waals surface area contributed by atoms with Crippen molar-refractivity contribution in [2.75, 3.05) is 13.2 Å². The van der Waals surface area contributed by atoms with Crippen molar-refractivity contribution in [2.45, 2.75) is 219 Å². The largest absolute Gasteiger partial charge is 0.462 e. The van der Waals surface area contributed by atoms with Crippen LogP contribution in [0, 0.1) is 0 Å². The Balaban J connectivity index is 4.31. The molecule has 1 unspecified atom stereocenters. The maximum Gasteiger partial charge on any atom is 0.306 e. The third-order valence-corrected chi connectivity index (χ3v) is 11.4. The lowest BCUT2D eigenvalue weighted by molar-refractivity contribution is -0.167. The monoisotopic (exact) mass is 1030 g/mol. The van der Waals surface area contributed by atoms with E-state index in [0.29, 0.717) is 12.8 Å². The molecule has 0 radical (unpaired) electrons. The number of unbranched alkanes of at least 4 members (excludes halogenated alkanes) is 9. The number of ether oxygens (including phenoxy) is 3. The molecule has 0 saturated heterocycles. The Morgan fingerprint density at radius 1 is 0.280 bits per heavy atom. The molecule has 0 heterocycles. The highest BCUT2D eigenvalue weighted by Crippen LogP contribution is 2.11. The van der Waals surface area contributed by atoms with Crippen molar-refractivity contribution >= 4 is 17.9 Å². The molecule has 6 heteroatoms. The zero-order valence-electron chi connectivity index (χ0n) is 47.5. The zero-order valence-corrected chi connectivity index (χ0v) is 47.5. The van der Waals surface area contributed by atoms with Crippen LogP contribution in [-0.4, -0.2) is 37.2 Å². The van der Waals surface area contributed by atoms with E-state index in [-0.39, 0.29) is 44.0 Å². The first-order valence-corrected chi connectivity index (χ1v) is 29.3. The van der Waals surface area contributed by atoms with Gasteiger partial charge >= 0.3 is 17.9 Å². The predicted octanol–water partition coefficient (Wildman–Crippen LogP) is 20.1. The smallest absolute Gasteiger partial charge is 0.306 e. The van der Waals surface area contributed by atoms with Crippen LogP contribution in [0.2, 0.25) is 0 Å². The SMILES string of the molecule is CC/C=C\C/C=C\C/C=C\C/C=C\C/C=C\C/C=C\C/C=C\C/C=C\C/C=C\CCCC(=O)OCC(COC(=O)CCCCCCC)OC(=O)CCCCCC/C=C\C/C=C\C/C=C\C/C=C\C/C=C\C/C=C\CC. The number of carbonyl (C=O) groups excluding carboxylic acids is 3. The number of allylic oxidation sites excluding steroid dienone is 30. The fourth-order valence-electron chi connectivity index (χ4n) is 7.09. The first kappa shape index (κ1) is 69.5. The van der Waals surface area contributed by atoms with Crippen LogP contribution in [0.1, 0.15) is 213 Å². The maximum absolute atomic E-state index is 12.8. The molecule has 0 rings (SSSR count). The van der Waals surface area contributed by atoms with Gasteiger partial charge in [0.25, 0.3) is 0 Å². The summed E-state index contributed by atoms with van der Waals surface area (Å²) in [5, 5.41) is 0. The Kier molecular flexibility index (Phi) is 56.6. The second kappa shape index (κ2) is 61.1. The molecule has 0 aromatic rings. The van der Waals surface area contributed by atoms with Gasteiger partial charge in [0.1, 0.15) is 13.2 Å². The van der Waals surface area contributed by atoms with Gasteiger partial charge in [-0.2, -0.15) is 0 Å². The summed E-state index contributed by atoms with van der Waals surface area (Å²) in [6.45, 7) is 6.23. The molecule has 0 aliphatic heterocycles. The van der Waals surface area contributed by atoms with E-state index < -0.39 is 6.10 Å². The van der Waals surface area contributed by atoms with E-state index in [1.807, 2.05) is 0 Å². The first-order chi connectivity index (χ1) is 37.0. The van der Waals surface area contributed by atoms with Crippen LogP contribution < -0.4 is 0 Å². The molecule has 75 heavy (non-hydrogen) atoms. The number of hydrogen-bond donors (Lipinski definition) is 0. The Labute approximate surface area is 459 Å². The van der Waals surface area contributed by atoms with E-state index in [1.165, 1.54) is 0 Å². The summed E-state index contributed by atoms with van der Waals surface area (Å²) in [4.78, 5) is 37.8. The summed E-state index contributed by atoms with van der Waals surface area (Å²) in [7, 11) is 0. The average molecular weight is 1030 g/mol. The number of hydrogen-bond acceptors (Lipinski definition) is 6. The van der Waals surface area contributed by atoms with Gasteiger partial charge < -0.3 is 14.2 Å². The van der Waals surface area contributed by atoms with Gasteiger partial charge in [-0.25, -0.2) is 0 Å². The molecule has 0 amide bonds. The molecule has 0 saturated carbocycles. The molecule has 416 valence electrons. The Morgan fingerprint density at radius 2 is 0.533 bits per heavy atom. The lowest BCUT2D eigenvalue weighted by Crippen LogP contribution is -2.30. The van der Waals surface area contributed by atoms with Gasteiger partial charge in [-0.3, -0.25) is 14.4 Å². The summed E-state index contributed by atoms with van der Waals surface area (Å²) < 4.78 is 16.6.